The second-order valence-corrected chi connectivity index (χ2v) is 13.9. The van der Waals surface area contributed by atoms with E-state index >= 15 is 0 Å². The van der Waals surface area contributed by atoms with E-state index in [-0.39, 0.29) is 19.0 Å². The molecule has 0 fully saturated rings. The first kappa shape index (κ1) is 42.0. The van der Waals surface area contributed by atoms with Gasteiger partial charge < -0.3 is 36.5 Å². The van der Waals surface area contributed by atoms with Crippen molar-refractivity contribution in [2.24, 2.45) is 11.7 Å². The summed E-state index contributed by atoms with van der Waals surface area (Å²) in [4.78, 5) is 79.0. The molecule has 1 aromatic rings. The van der Waals surface area contributed by atoms with Gasteiger partial charge in [0.05, 0.1) is 12.5 Å². The van der Waals surface area contributed by atoms with E-state index in [1.54, 1.807) is 79.7 Å². The Hall–Kier alpha value is -4.04. The number of benzene rings is 1. The van der Waals surface area contributed by atoms with E-state index in [1.807, 2.05) is 13.0 Å². The van der Waals surface area contributed by atoms with E-state index in [1.165, 1.54) is 6.92 Å². The van der Waals surface area contributed by atoms with Crippen molar-refractivity contribution in [2.45, 2.75) is 130 Å². The first-order valence-corrected chi connectivity index (χ1v) is 16.3. The Morgan fingerprint density at radius 2 is 1.23 bits per heavy atom. The minimum absolute atomic E-state index is 0.0509. The van der Waals surface area contributed by atoms with Crippen LogP contribution in [0.4, 0.5) is 0 Å². The maximum absolute atomic E-state index is 13.6. The predicted octanol–water partition coefficient (Wildman–Crippen LogP) is 1.20. The molecular formula is C34H56N6O8. The van der Waals surface area contributed by atoms with Crippen LogP contribution < -0.4 is 32.3 Å². The number of nitrogens with one attached hydrogen (secondary N) is 5. The van der Waals surface area contributed by atoms with Crippen LogP contribution in [-0.2, 0) is 44.7 Å². The molecule has 48 heavy (non-hydrogen) atoms. The highest BCUT2D eigenvalue weighted by Gasteiger charge is 2.35. The van der Waals surface area contributed by atoms with Crippen LogP contribution in [0.2, 0.25) is 0 Å². The van der Waals surface area contributed by atoms with Gasteiger partial charge in [0.25, 0.3) is 0 Å². The zero-order valence-corrected chi connectivity index (χ0v) is 30.0. The van der Waals surface area contributed by atoms with Crippen molar-refractivity contribution in [3.63, 3.8) is 0 Å². The van der Waals surface area contributed by atoms with E-state index in [0.29, 0.717) is 6.42 Å². The number of hydrogen-bond donors (Lipinski definition) is 6. The zero-order chi connectivity index (χ0) is 36.8. The SMILES string of the molecule is CCC(C)[C@H](NC(=O)[C@H](CC(=O)OC(C)(C)C)NC(=O)[C@H](C)NC(=O)[C@H](Cc1ccccc1)NC(=O)[C@H](C)NCN)C(=O)OC(C)(C)C. The maximum Gasteiger partial charge on any atom is 0.329 e. The highest BCUT2D eigenvalue weighted by molar-refractivity contribution is 5.96. The average molecular weight is 677 g/mol. The van der Waals surface area contributed by atoms with Crippen LogP contribution in [-0.4, -0.2) is 83.6 Å². The Labute approximate surface area is 284 Å². The molecule has 270 valence electrons. The van der Waals surface area contributed by atoms with E-state index in [0.717, 1.165) is 5.56 Å². The minimum atomic E-state index is -1.45. The topological polar surface area (TPSA) is 207 Å². The van der Waals surface area contributed by atoms with Crippen LogP contribution in [0.3, 0.4) is 0 Å². The first-order chi connectivity index (χ1) is 22.2. The number of hydrogen-bond acceptors (Lipinski definition) is 10. The Bertz CT molecular complexity index is 1240. The minimum Gasteiger partial charge on any atom is -0.460 e. The van der Waals surface area contributed by atoms with Crippen molar-refractivity contribution in [2.75, 3.05) is 6.67 Å². The summed E-state index contributed by atoms with van der Waals surface area (Å²) in [6, 6.07) is 3.56. The van der Waals surface area contributed by atoms with Gasteiger partial charge in [0.15, 0.2) is 0 Å². The van der Waals surface area contributed by atoms with Gasteiger partial charge in [0, 0.05) is 13.1 Å². The lowest BCUT2D eigenvalue weighted by Crippen LogP contribution is -2.59. The molecule has 6 atom stereocenters. The molecule has 0 saturated carbocycles. The summed E-state index contributed by atoms with van der Waals surface area (Å²) in [5, 5.41) is 13.2. The normalized spacial score (nSPS) is 15.4. The molecule has 0 saturated heterocycles. The summed E-state index contributed by atoms with van der Waals surface area (Å²) in [6.07, 6.45) is 0.112. The van der Waals surface area contributed by atoms with Crippen LogP contribution in [0.5, 0.6) is 0 Å². The van der Waals surface area contributed by atoms with Crippen molar-refractivity contribution in [1.82, 2.24) is 26.6 Å². The van der Waals surface area contributed by atoms with Crippen molar-refractivity contribution in [3.05, 3.63) is 35.9 Å². The summed E-state index contributed by atoms with van der Waals surface area (Å²) >= 11 is 0. The third-order valence-corrected chi connectivity index (χ3v) is 7.08. The first-order valence-electron chi connectivity index (χ1n) is 16.3. The Balaban J connectivity index is 3.23. The molecule has 1 rings (SSSR count). The fourth-order valence-corrected chi connectivity index (χ4v) is 4.35. The van der Waals surface area contributed by atoms with E-state index in [9.17, 15) is 28.8 Å². The van der Waals surface area contributed by atoms with Crippen LogP contribution >= 0.6 is 0 Å². The molecule has 0 spiro atoms. The molecule has 1 unspecified atom stereocenters. The number of esters is 2. The summed E-state index contributed by atoms with van der Waals surface area (Å²) in [6.45, 7) is 16.8. The predicted molar refractivity (Wildman–Crippen MR) is 181 cm³/mol. The van der Waals surface area contributed by atoms with E-state index < -0.39 is 83.4 Å². The lowest BCUT2D eigenvalue weighted by atomic mass is 9.98. The number of nitrogens with two attached hydrogens (primary N) is 1. The van der Waals surface area contributed by atoms with Gasteiger partial charge in [0.1, 0.15) is 35.4 Å². The molecule has 0 aliphatic carbocycles. The van der Waals surface area contributed by atoms with Crippen molar-refractivity contribution < 1.29 is 38.2 Å². The Kier molecular flexibility index (Phi) is 16.7. The second-order valence-electron chi connectivity index (χ2n) is 13.9. The molecule has 0 aliphatic heterocycles. The smallest absolute Gasteiger partial charge is 0.329 e. The van der Waals surface area contributed by atoms with Crippen molar-refractivity contribution in [3.8, 4) is 0 Å². The molecule has 0 aliphatic rings. The third-order valence-electron chi connectivity index (χ3n) is 7.08. The van der Waals surface area contributed by atoms with E-state index in [4.69, 9.17) is 15.2 Å². The molecule has 4 amide bonds. The van der Waals surface area contributed by atoms with Crippen molar-refractivity contribution in [1.29, 1.82) is 0 Å². The fraction of sp³-hybridized carbons (Fsp3) is 0.647. The van der Waals surface area contributed by atoms with Gasteiger partial charge in [-0.1, -0.05) is 50.6 Å². The molecule has 1 aromatic carbocycles. The summed E-state index contributed by atoms with van der Waals surface area (Å²) < 4.78 is 10.9. The maximum atomic E-state index is 13.6. The molecule has 0 aromatic heterocycles. The van der Waals surface area contributed by atoms with Crippen molar-refractivity contribution >= 4 is 35.6 Å². The van der Waals surface area contributed by atoms with Gasteiger partial charge in [-0.05, 0) is 66.9 Å². The highest BCUT2D eigenvalue weighted by Crippen LogP contribution is 2.16. The summed E-state index contributed by atoms with van der Waals surface area (Å²) in [7, 11) is 0. The number of amides is 4. The Morgan fingerprint density at radius 1 is 0.708 bits per heavy atom. The number of ether oxygens (including phenoxy) is 2. The third kappa shape index (κ3) is 15.7. The van der Waals surface area contributed by atoms with Crippen LogP contribution in [0.1, 0.15) is 87.6 Å². The monoisotopic (exact) mass is 676 g/mol. The van der Waals surface area contributed by atoms with E-state index in [2.05, 4.69) is 26.6 Å². The standard InChI is InChI=1S/C34H56N6O8/c1-11-20(2)27(32(46)48-34(8,9)10)40-31(45)25(18-26(41)47-33(5,6)7)39-29(43)22(4)37-30(44)24(17-23-15-13-12-14-16-23)38-28(42)21(3)36-19-35/h12-16,20-22,24-25,27,36H,11,17-19,35H2,1-10H3,(H,37,44)(H,38,42)(H,39,43)(H,40,45)/t20?,21-,22-,24-,25-,27-/m0/s1. The molecule has 0 bridgehead atoms. The highest BCUT2D eigenvalue weighted by atomic mass is 16.6. The van der Waals surface area contributed by atoms with Gasteiger partial charge in [-0.15, -0.1) is 0 Å². The lowest BCUT2D eigenvalue weighted by Gasteiger charge is -2.29. The second kappa shape index (κ2) is 19.1. The van der Waals surface area contributed by atoms with Gasteiger partial charge in [-0.3, -0.25) is 29.3 Å². The largest absolute Gasteiger partial charge is 0.460 e. The molecule has 0 heterocycles. The van der Waals surface area contributed by atoms with Crippen LogP contribution in [0.25, 0.3) is 0 Å². The quantitative estimate of drug-likeness (QED) is 0.103. The molecule has 0 radical (unpaired) electrons. The van der Waals surface area contributed by atoms with Gasteiger partial charge in [-0.25, -0.2) is 4.79 Å². The Morgan fingerprint density at radius 3 is 1.75 bits per heavy atom. The number of rotatable bonds is 17. The molecule has 7 N–H and O–H groups in total. The lowest BCUT2D eigenvalue weighted by molar-refractivity contribution is -0.160. The summed E-state index contributed by atoms with van der Waals surface area (Å²) in [5.74, 6) is -4.46. The zero-order valence-electron chi connectivity index (χ0n) is 30.0. The molecular weight excluding hydrogens is 620 g/mol. The van der Waals surface area contributed by atoms with Gasteiger partial charge in [0.2, 0.25) is 23.6 Å². The van der Waals surface area contributed by atoms with Crippen LogP contribution in [0, 0.1) is 5.92 Å². The van der Waals surface area contributed by atoms with Crippen LogP contribution in [0.15, 0.2) is 30.3 Å². The molecule has 14 nitrogen and oxygen atoms in total. The van der Waals surface area contributed by atoms with Gasteiger partial charge >= 0.3 is 11.9 Å². The number of carbonyl (C=O) groups excluding carboxylic acids is 6. The summed E-state index contributed by atoms with van der Waals surface area (Å²) in [5.41, 5.74) is 4.58. The average Bonchev–Trinajstić information content (AvgIpc) is 2.97. The van der Waals surface area contributed by atoms with Gasteiger partial charge in [-0.2, -0.15) is 0 Å². The molecule has 14 heteroatoms. The fourth-order valence-electron chi connectivity index (χ4n) is 4.35. The number of carbonyl (C=O) groups is 6.